The van der Waals surface area contributed by atoms with Crippen LogP contribution in [0.5, 0.6) is 0 Å². The fourth-order valence-electron chi connectivity index (χ4n) is 4.94. The fourth-order valence-corrected chi connectivity index (χ4v) is 6.01. The van der Waals surface area contributed by atoms with Gasteiger partial charge >= 0.3 is 0 Å². The molecule has 1 saturated heterocycles. The van der Waals surface area contributed by atoms with Crippen molar-refractivity contribution in [1.82, 2.24) is 25.0 Å². The maximum atomic E-state index is 13.5. The van der Waals surface area contributed by atoms with E-state index in [1.54, 1.807) is 35.0 Å². The van der Waals surface area contributed by atoms with Crippen LogP contribution in [0, 0.1) is 0 Å². The van der Waals surface area contributed by atoms with Crippen LogP contribution in [0.4, 0.5) is 0 Å². The van der Waals surface area contributed by atoms with Crippen LogP contribution in [-0.2, 0) is 16.0 Å². The highest BCUT2D eigenvalue weighted by Crippen LogP contribution is 2.31. The number of hydrogen-bond donors (Lipinski definition) is 2. The lowest BCUT2D eigenvalue weighted by Gasteiger charge is -2.25. The summed E-state index contributed by atoms with van der Waals surface area (Å²) in [5, 5.41) is 22.4. The highest BCUT2D eigenvalue weighted by atomic mass is 32.1. The molecule has 216 valence electrons. The number of nitrogens with zero attached hydrogens (tertiary/aromatic N) is 5. The van der Waals surface area contributed by atoms with Gasteiger partial charge in [-0.1, -0.05) is 37.0 Å². The Bertz CT molecular complexity index is 1360. The zero-order chi connectivity index (χ0) is 28.6. The minimum absolute atomic E-state index is 0.147. The van der Waals surface area contributed by atoms with E-state index in [1.165, 1.54) is 0 Å². The van der Waals surface area contributed by atoms with E-state index in [9.17, 15) is 9.90 Å². The van der Waals surface area contributed by atoms with Gasteiger partial charge < -0.3 is 19.3 Å². The summed E-state index contributed by atoms with van der Waals surface area (Å²) >= 11 is 1.58. The van der Waals surface area contributed by atoms with E-state index in [-0.39, 0.29) is 23.6 Å². The van der Waals surface area contributed by atoms with Crippen LogP contribution in [-0.4, -0.2) is 62.7 Å². The van der Waals surface area contributed by atoms with Gasteiger partial charge in [-0.3, -0.25) is 15.1 Å². The Morgan fingerprint density at radius 3 is 2.83 bits per heavy atom. The summed E-state index contributed by atoms with van der Waals surface area (Å²) in [6.45, 7) is 7.84. The summed E-state index contributed by atoms with van der Waals surface area (Å²) in [5.41, 5.74) is 1.24. The normalized spacial score (nSPS) is 22.2. The predicted octanol–water partition coefficient (Wildman–Crippen LogP) is 4.85. The number of aliphatic imine (C=N–C) groups is 1. The Morgan fingerprint density at radius 2 is 2.05 bits per heavy atom. The molecule has 0 bridgehead atoms. The van der Waals surface area contributed by atoms with Gasteiger partial charge in [-0.2, -0.15) is 0 Å². The smallest absolute Gasteiger partial charge is 0.275 e. The second-order valence-electron chi connectivity index (χ2n) is 10.4. The molecule has 2 atom stereocenters. The van der Waals surface area contributed by atoms with Crippen LogP contribution in [0.2, 0.25) is 0 Å². The Kier molecular flexibility index (Phi) is 9.89. The zero-order valence-electron chi connectivity index (χ0n) is 23.4. The van der Waals surface area contributed by atoms with Gasteiger partial charge in [-0.15, -0.1) is 21.5 Å². The van der Waals surface area contributed by atoms with Crippen LogP contribution in [0.3, 0.4) is 0 Å². The molecule has 2 aliphatic heterocycles. The number of fused-ring (bicyclic) bond motifs is 1. The number of allylic oxidation sites excluding steroid dienone is 6. The third kappa shape index (κ3) is 7.65. The number of carbonyl (C=O) groups is 1. The molecule has 3 aliphatic rings. The summed E-state index contributed by atoms with van der Waals surface area (Å²) in [7, 11) is 0. The number of hydrogen-bond acceptors (Lipinski definition) is 8. The lowest BCUT2D eigenvalue weighted by atomic mass is 10.1. The first-order valence-electron chi connectivity index (χ1n) is 14.3. The quantitative estimate of drug-likeness (QED) is 0.192. The summed E-state index contributed by atoms with van der Waals surface area (Å²) in [4.78, 5) is 21.6. The lowest BCUT2D eigenvalue weighted by molar-refractivity contribution is -0.124. The molecule has 4 heterocycles. The first kappa shape index (κ1) is 29.1. The van der Waals surface area contributed by atoms with Crippen molar-refractivity contribution in [3.05, 3.63) is 88.5 Å². The standard InChI is InChI=1S/C31H38N6O3S/c1-3-8-24(29-35-33-21-37(29)26-13-17-40-18-14-26)20-32-22(2)31(39)36-15-7-5-4-6-9-27-23(12-16-36)19-28(41-27)30(38)34-25-10-11-25/h3-9,15,19-21,24-26,30,34,38H,2,10-14,16-18H2,1H3/b5-4-,8-3-,9-6+,15-7+,32-20+. The molecule has 10 heteroatoms. The van der Waals surface area contributed by atoms with Crippen molar-refractivity contribution in [3.8, 4) is 0 Å². The van der Waals surface area contributed by atoms with E-state index >= 15 is 0 Å². The maximum Gasteiger partial charge on any atom is 0.275 e. The number of thiophene rings is 1. The van der Waals surface area contributed by atoms with E-state index in [0.717, 1.165) is 60.0 Å². The minimum Gasteiger partial charge on any atom is -0.381 e. The summed E-state index contributed by atoms with van der Waals surface area (Å²) in [6, 6.07) is 2.72. The van der Waals surface area contributed by atoms with Gasteiger partial charge in [-0.25, -0.2) is 0 Å². The Hall–Kier alpha value is -3.44. The fraction of sp³-hybridized carbons (Fsp3) is 0.419. The van der Waals surface area contributed by atoms with Crippen LogP contribution < -0.4 is 5.32 Å². The molecule has 41 heavy (non-hydrogen) atoms. The molecular formula is C31H38N6O3S. The molecular weight excluding hydrogens is 536 g/mol. The Labute approximate surface area is 245 Å². The summed E-state index contributed by atoms with van der Waals surface area (Å²) < 4.78 is 7.62. The number of amides is 1. The molecule has 2 aromatic rings. The molecule has 0 spiro atoms. The van der Waals surface area contributed by atoms with Gasteiger partial charge in [0.2, 0.25) is 0 Å². The van der Waals surface area contributed by atoms with Crippen molar-refractivity contribution in [1.29, 1.82) is 0 Å². The van der Waals surface area contributed by atoms with E-state index in [4.69, 9.17) is 4.74 Å². The number of carbonyl (C=O) groups excluding carboxylic acids is 1. The maximum absolute atomic E-state index is 13.5. The van der Waals surface area contributed by atoms with Gasteiger partial charge in [-0.05, 0) is 62.8 Å². The van der Waals surface area contributed by atoms with Crippen molar-refractivity contribution in [2.75, 3.05) is 19.8 Å². The molecule has 0 aromatic carbocycles. The number of nitrogens with one attached hydrogen (secondary N) is 1. The van der Waals surface area contributed by atoms with Crippen molar-refractivity contribution in [3.63, 3.8) is 0 Å². The van der Waals surface area contributed by atoms with Gasteiger partial charge in [0.25, 0.3) is 5.91 Å². The number of aliphatic hydroxyl groups is 1. The zero-order valence-corrected chi connectivity index (χ0v) is 24.2. The predicted molar refractivity (Wildman–Crippen MR) is 162 cm³/mol. The van der Waals surface area contributed by atoms with Crippen LogP contribution in [0.1, 0.15) is 71.9 Å². The summed E-state index contributed by atoms with van der Waals surface area (Å²) in [5.74, 6) is 0.270. The average molecular weight is 575 g/mol. The van der Waals surface area contributed by atoms with Crippen LogP contribution in [0.15, 0.2) is 72.3 Å². The van der Waals surface area contributed by atoms with Crippen molar-refractivity contribution in [2.24, 2.45) is 4.99 Å². The number of ether oxygens (including phenoxy) is 1. The second-order valence-corrected chi connectivity index (χ2v) is 11.5. The Balaban J connectivity index is 1.29. The van der Waals surface area contributed by atoms with E-state index in [1.807, 2.05) is 49.4 Å². The third-order valence-corrected chi connectivity index (χ3v) is 8.55. The van der Waals surface area contributed by atoms with Crippen LogP contribution in [0.25, 0.3) is 6.08 Å². The molecule has 2 aromatic heterocycles. The Morgan fingerprint density at radius 1 is 1.24 bits per heavy atom. The van der Waals surface area contributed by atoms with E-state index in [2.05, 4.69) is 37.7 Å². The molecule has 2 fully saturated rings. The third-order valence-electron chi connectivity index (χ3n) is 7.35. The van der Waals surface area contributed by atoms with Crippen molar-refractivity contribution < 1.29 is 14.6 Å². The van der Waals surface area contributed by atoms with Gasteiger partial charge in [0, 0.05) is 54.0 Å². The number of aromatic nitrogens is 3. The minimum atomic E-state index is -0.675. The number of aliphatic hydroxyl groups excluding tert-OH is 1. The summed E-state index contributed by atoms with van der Waals surface area (Å²) in [6.07, 6.45) is 22.9. The molecule has 2 unspecified atom stereocenters. The number of rotatable bonds is 9. The van der Waals surface area contributed by atoms with Gasteiger partial charge in [0.05, 0.1) is 5.92 Å². The second kappa shape index (κ2) is 14.0. The molecule has 0 radical (unpaired) electrons. The largest absolute Gasteiger partial charge is 0.381 e. The molecule has 5 rings (SSSR count). The lowest BCUT2D eigenvalue weighted by Crippen LogP contribution is -2.28. The molecule has 9 nitrogen and oxygen atoms in total. The molecule has 2 N–H and O–H groups in total. The molecule has 1 saturated carbocycles. The van der Waals surface area contributed by atoms with Gasteiger partial charge in [0.15, 0.2) is 0 Å². The first-order valence-corrected chi connectivity index (χ1v) is 15.1. The van der Waals surface area contributed by atoms with Crippen LogP contribution >= 0.6 is 11.3 Å². The molecule has 1 amide bonds. The highest BCUT2D eigenvalue weighted by molar-refractivity contribution is 7.13. The van der Waals surface area contributed by atoms with E-state index in [0.29, 0.717) is 19.0 Å². The first-order chi connectivity index (χ1) is 20.0. The van der Waals surface area contributed by atoms with E-state index < -0.39 is 6.23 Å². The van der Waals surface area contributed by atoms with Crippen molar-refractivity contribution in [2.45, 2.75) is 63.3 Å². The SMILES string of the molecule is C=C(/N=C/C(/C=C\C)c1nncn1C1CCOCC1)C(=O)N1/C=C/C=C\C=C\c2sc(C(O)NC3CC3)cc2CC1. The monoisotopic (exact) mass is 574 g/mol. The highest BCUT2D eigenvalue weighted by Gasteiger charge is 2.26. The van der Waals surface area contributed by atoms with Gasteiger partial charge in [0.1, 0.15) is 24.1 Å². The average Bonchev–Trinajstić information content (AvgIpc) is 3.50. The molecule has 1 aliphatic carbocycles. The van der Waals surface area contributed by atoms with Crippen molar-refractivity contribution >= 4 is 29.5 Å². The topological polar surface area (TPSA) is 105 Å².